The maximum atomic E-state index is 12.9. The summed E-state index contributed by atoms with van der Waals surface area (Å²) in [5, 5.41) is 5.71. The van der Waals surface area contributed by atoms with E-state index in [1.165, 1.54) is 5.56 Å². The van der Waals surface area contributed by atoms with E-state index >= 15 is 0 Å². The zero-order valence-corrected chi connectivity index (χ0v) is 17.7. The van der Waals surface area contributed by atoms with E-state index < -0.39 is 11.6 Å². The van der Waals surface area contributed by atoms with E-state index in [1.54, 1.807) is 0 Å². The van der Waals surface area contributed by atoms with Gasteiger partial charge in [0, 0.05) is 26.3 Å². The Kier molecular flexibility index (Phi) is 6.45. The fraction of sp³-hybridized carbons (Fsp3) is 0.591. The average Bonchev–Trinajstić information content (AvgIpc) is 2.93. The van der Waals surface area contributed by atoms with E-state index in [0.29, 0.717) is 13.0 Å². The summed E-state index contributed by atoms with van der Waals surface area (Å²) in [4.78, 5) is 40.6. The Morgan fingerprint density at radius 1 is 1.24 bits per heavy atom. The molecule has 2 N–H and O–H groups in total. The highest BCUT2D eigenvalue weighted by atomic mass is 16.2. The maximum absolute atomic E-state index is 12.9. The van der Waals surface area contributed by atoms with E-state index in [4.69, 9.17) is 0 Å². The molecule has 0 aromatic heterocycles. The lowest BCUT2D eigenvalue weighted by Gasteiger charge is -2.36. The minimum absolute atomic E-state index is 0.0969. The number of rotatable bonds is 7. The van der Waals surface area contributed by atoms with Crippen LogP contribution in [0.5, 0.6) is 0 Å². The lowest BCUT2D eigenvalue weighted by molar-refractivity contribution is -0.137. The van der Waals surface area contributed by atoms with E-state index in [9.17, 15) is 14.4 Å². The molecule has 1 aliphatic carbocycles. The number of nitrogens with one attached hydrogen (secondary N) is 2. The molecule has 2 fully saturated rings. The summed E-state index contributed by atoms with van der Waals surface area (Å²) in [5.74, 6) is -0.442. The summed E-state index contributed by atoms with van der Waals surface area (Å²) in [6, 6.07) is 7.89. The Morgan fingerprint density at radius 2 is 1.97 bits per heavy atom. The molecule has 1 saturated heterocycles. The summed E-state index contributed by atoms with van der Waals surface area (Å²) in [5.41, 5.74) is 1.56. The normalized spacial score (nSPS) is 24.0. The molecule has 1 spiro atoms. The minimum Gasteiger partial charge on any atom is -0.378 e. The first kappa shape index (κ1) is 21.1. The second kappa shape index (κ2) is 8.84. The Morgan fingerprint density at radius 3 is 2.62 bits per heavy atom. The third-order valence-electron chi connectivity index (χ3n) is 6.22. The smallest absolute Gasteiger partial charge is 0.325 e. The number of nitrogens with zero attached hydrogens (tertiary/aromatic N) is 2. The molecule has 7 nitrogen and oxygen atoms in total. The molecule has 0 radical (unpaired) electrons. The molecule has 1 heterocycles. The van der Waals surface area contributed by atoms with Crippen LogP contribution >= 0.6 is 0 Å². The van der Waals surface area contributed by atoms with Crippen LogP contribution in [0.15, 0.2) is 24.3 Å². The Bertz CT molecular complexity index is 762. The number of amides is 4. The second-order valence-corrected chi connectivity index (χ2v) is 8.45. The van der Waals surface area contributed by atoms with Gasteiger partial charge in [-0.1, -0.05) is 31.9 Å². The van der Waals surface area contributed by atoms with Crippen molar-refractivity contribution in [2.45, 2.75) is 51.0 Å². The molecule has 1 aliphatic heterocycles. The van der Waals surface area contributed by atoms with E-state index in [2.05, 4.69) is 39.8 Å². The van der Waals surface area contributed by atoms with Gasteiger partial charge in [-0.05, 0) is 49.3 Å². The van der Waals surface area contributed by atoms with Gasteiger partial charge in [-0.2, -0.15) is 0 Å². The molecule has 0 bridgehead atoms. The molecule has 2 unspecified atom stereocenters. The standard InChI is InChI=1S/C22H32N4O3/c1-16-7-4-5-13-22(16)20(28)26(21(29)24-22)15-19(27)23-14-6-8-17-9-11-18(12-10-17)25(2)3/h9-12,16H,4-8,13-15H2,1-3H3,(H,23,27)(H,24,29). The molecule has 2 atom stereocenters. The number of aryl methyl sites for hydroxylation is 1. The highest BCUT2D eigenvalue weighted by Crippen LogP contribution is 2.38. The van der Waals surface area contributed by atoms with Gasteiger partial charge in [0.1, 0.15) is 12.1 Å². The number of urea groups is 1. The van der Waals surface area contributed by atoms with Crippen molar-refractivity contribution in [3.8, 4) is 0 Å². The van der Waals surface area contributed by atoms with Crippen molar-refractivity contribution in [3.63, 3.8) is 0 Å². The lowest BCUT2D eigenvalue weighted by atomic mass is 9.73. The number of carbonyl (C=O) groups excluding carboxylic acids is 3. The van der Waals surface area contributed by atoms with E-state index in [0.717, 1.165) is 42.7 Å². The van der Waals surface area contributed by atoms with Gasteiger partial charge in [0.15, 0.2) is 0 Å². The van der Waals surface area contributed by atoms with Crippen LogP contribution in [-0.4, -0.2) is 55.5 Å². The summed E-state index contributed by atoms with van der Waals surface area (Å²) >= 11 is 0. The van der Waals surface area contributed by atoms with Gasteiger partial charge >= 0.3 is 6.03 Å². The average molecular weight is 401 g/mol. The molecule has 2 aliphatic rings. The fourth-order valence-corrected chi connectivity index (χ4v) is 4.32. The fourth-order valence-electron chi connectivity index (χ4n) is 4.32. The molecule has 3 rings (SSSR count). The van der Waals surface area contributed by atoms with Gasteiger partial charge < -0.3 is 15.5 Å². The highest BCUT2D eigenvalue weighted by molar-refractivity contribution is 6.09. The van der Waals surface area contributed by atoms with Gasteiger partial charge in [0.2, 0.25) is 5.91 Å². The predicted octanol–water partition coefficient (Wildman–Crippen LogP) is 2.30. The molecule has 1 aromatic rings. The highest BCUT2D eigenvalue weighted by Gasteiger charge is 2.55. The van der Waals surface area contributed by atoms with Crippen LogP contribution in [0.3, 0.4) is 0 Å². The van der Waals surface area contributed by atoms with E-state index in [-0.39, 0.29) is 24.3 Å². The van der Waals surface area contributed by atoms with Crippen molar-refractivity contribution in [1.82, 2.24) is 15.5 Å². The van der Waals surface area contributed by atoms with Crippen LogP contribution < -0.4 is 15.5 Å². The summed E-state index contributed by atoms with van der Waals surface area (Å²) in [6.45, 7) is 2.31. The van der Waals surface area contributed by atoms with Crippen molar-refractivity contribution in [2.75, 3.05) is 32.1 Å². The number of hydrogen-bond acceptors (Lipinski definition) is 4. The van der Waals surface area contributed by atoms with Crippen LogP contribution in [-0.2, 0) is 16.0 Å². The van der Waals surface area contributed by atoms with Crippen molar-refractivity contribution >= 4 is 23.5 Å². The molecule has 1 saturated carbocycles. The van der Waals surface area contributed by atoms with Gasteiger partial charge in [-0.15, -0.1) is 0 Å². The monoisotopic (exact) mass is 400 g/mol. The van der Waals surface area contributed by atoms with Crippen molar-refractivity contribution in [2.24, 2.45) is 5.92 Å². The first-order valence-corrected chi connectivity index (χ1v) is 10.5. The zero-order chi connectivity index (χ0) is 21.0. The van der Waals surface area contributed by atoms with E-state index in [1.807, 2.05) is 21.0 Å². The minimum atomic E-state index is -0.811. The molecule has 7 heteroatoms. The summed E-state index contributed by atoms with van der Waals surface area (Å²) in [7, 11) is 4.01. The molecule has 4 amide bonds. The number of hydrogen-bond donors (Lipinski definition) is 2. The zero-order valence-electron chi connectivity index (χ0n) is 17.7. The molecule has 1 aromatic carbocycles. The molecule has 158 valence electrons. The third kappa shape index (κ3) is 4.54. The van der Waals surface area contributed by atoms with Gasteiger partial charge in [-0.25, -0.2) is 4.79 Å². The van der Waals surface area contributed by atoms with Crippen LogP contribution in [0.2, 0.25) is 0 Å². The first-order chi connectivity index (χ1) is 13.8. The van der Waals surface area contributed by atoms with Crippen molar-refractivity contribution in [3.05, 3.63) is 29.8 Å². The van der Waals surface area contributed by atoms with Crippen molar-refractivity contribution < 1.29 is 14.4 Å². The largest absolute Gasteiger partial charge is 0.378 e. The van der Waals surface area contributed by atoms with Gasteiger partial charge in [-0.3, -0.25) is 14.5 Å². The summed E-state index contributed by atoms with van der Waals surface area (Å²) in [6.07, 6.45) is 5.23. The molecule has 29 heavy (non-hydrogen) atoms. The maximum Gasteiger partial charge on any atom is 0.325 e. The number of benzene rings is 1. The predicted molar refractivity (Wildman–Crippen MR) is 113 cm³/mol. The Labute approximate surface area is 172 Å². The third-order valence-corrected chi connectivity index (χ3v) is 6.22. The first-order valence-electron chi connectivity index (χ1n) is 10.5. The topological polar surface area (TPSA) is 81.8 Å². The van der Waals surface area contributed by atoms with Gasteiger partial charge in [0.05, 0.1) is 0 Å². The second-order valence-electron chi connectivity index (χ2n) is 8.45. The molecular weight excluding hydrogens is 368 g/mol. The number of carbonyl (C=O) groups is 3. The quantitative estimate of drug-likeness (QED) is 0.544. The number of anilines is 1. The Balaban J connectivity index is 1.44. The summed E-state index contributed by atoms with van der Waals surface area (Å²) < 4.78 is 0. The molecular formula is C22H32N4O3. The van der Waals surface area contributed by atoms with Gasteiger partial charge in [0.25, 0.3) is 5.91 Å². The van der Waals surface area contributed by atoms with Crippen molar-refractivity contribution in [1.29, 1.82) is 0 Å². The van der Waals surface area contributed by atoms with Crippen LogP contribution in [0.25, 0.3) is 0 Å². The Hall–Kier alpha value is -2.57. The SMILES string of the molecule is CC1CCCCC12NC(=O)N(CC(=O)NCCCc1ccc(N(C)C)cc1)C2=O. The van der Waals surface area contributed by atoms with Crippen LogP contribution in [0, 0.1) is 5.92 Å². The number of imide groups is 1. The van der Waals surface area contributed by atoms with Crippen LogP contribution in [0.1, 0.15) is 44.6 Å². The van der Waals surface area contributed by atoms with Crippen LogP contribution in [0.4, 0.5) is 10.5 Å². The lowest BCUT2D eigenvalue weighted by Crippen LogP contribution is -2.54.